The number of hydrogen-bond donors (Lipinski definition) is 1. The fourth-order valence-electron chi connectivity index (χ4n) is 2.90. The molecular weight excluding hydrogens is 278 g/mol. The largest absolute Gasteiger partial charge is 0.356 e. The molecule has 0 aromatic rings. The highest BCUT2D eigenvalue weighted by molar-refractivity contribution is 9.09. The molecule has 17 heavy (non-hydrogen) atoms. The van der Waals surface area contributed by atoms with E-state index in [4.69, 9.17) is 0 Å². The quantitative estimate of drug-likeness (QED) is 0.715. The summed E-state index contributed by atoms with van der Waals surface area (Å²) >= 11 is 3.49. The van der Waals surface area contributed by atoms with Crippen LogP contribution in [-0.2, 0) is 4.79 Å². The normalized spacial score (nSPS) is 22.6. The third-order valence-corrected chi connectivity index (χ3v) is 4.89. The van der Waals surface area contributed by atoms with E-state index in [2.05, 4.69) is 21.2 Å². The van der Waals surface area contributed by atoms with Crippen molar-refractivity contribution >= 4 is 21.8 Å². The van der Waals surface area contributed by atoms with Crippen molar-refractivity contribution in [2.45, 2.75) is 57.8 Å². The van der Waals surface area contributed by atoms with E-state index < -0.39 is 0 Å². The van der Waals surface area contributed by atoms with Gasteiger partial charge in [-0.25, -0.2) is 0 Å². The minimum atomic E-state index is 0.276. The minimum absolute atomic E-state index is 0.276. The summed E-state index contributed by atoms with van der Waals surface area (Å²) in [5, 5.41) is 4.19. The van der Waals surface area contributed by atoms with E-state index >= 15 is 0 Å². The van der Waals surface area contributed by atoms with Crippen LogP contribution in [0, 0.1) is 11.3 Å². The lowest BCUT2D eigenvalue weighted by molar-refractivity contribution is -0.121. The molecule has 2 saturated carbocycles. The van der Waals surface area contributed by atoms with Gasteiger partial charge in [0.05, 0.1) is 0 Å². The number of nitrogens with one attached hydrogen (secondary N) is 1. The maximum Gasteiger partial charge on any atom is 0.220 e. The number of alkyl halides is 1. The van der Waals surface area contributed by atoms with Crippen LogP contribution in [0.1, 0.15) is 57.8 Å². The maximum absolute atomic E-state index is 11.8. The Bertz CT molecular complexity index is 257. The zero-order chi connectivity index (χ0) is 12.1. The number of carbonyl (C=O) groups is 1. The van der Waals surface area contributed by atoms with Crippen LogP contribution < -0.4 is 5.32 Å². The molecular formula is C14H24BrNO. The minimum Gasteiger partial charge on any atom is -0.356 e. The van der Waals surface area contributed by atoms with E-state index in [0.29, 0.717) is 5.41 Å². The molecule has 2 aliphatic rings. The van der Waals surface area contributed by atoms with Crippen LogP contribution in [0.15, 0.2) is 0 Å². The average molecular weight is 302 g/mol. The van der Waals surface area contributed by atoms with E-state index in [0.717, 1.165) is 30.6 Å². The van der Waals surface area contributed by atoms with E-state index in [-0.39, 0.29) is 5.91 Å². The Hall–Kier alpha value is -0.0500. The van der Waals surface area contributed by atoms with Crippen molar-refractivity contribution in [3.63, 3.8) is 0 Å². The third-order valence-electron chi connectivity index (χ3n) is 4.50. The van der Waals surface area contributed by atoms with Gasteiger partial charge < -0.3 is 5.32 Å². The van der Waals surface area contributed by atoms with E-state index in [9.17, 15) is 4.79 Å². The number of halogens is 1. The molecule has 2 fully saturated rings. The predicted molar refractivity (Wildman–Crippen MR) is 74.3 cm³/mol. The van der Waals surface area contributed by atoms with Gasteiger partial charge in [0.1, 0.15) is 0 Å². The summed E-state index contributed by atoms with van der Waals surface area (Å²) in [7, 11) is 0. The predicted octanol–water partition coefficient (Wildman–Crippen LogP) is 3.64. The first-order valence-corrected chi connectivity index (χ1v) is 8.19. The standard InChI is InChI=1S/C14H24BrNO/c15-10-9-14(7-8-14)11-16-13(17)6-5-12-3-1-2-4-12/h12H,1-11H2,(H,16,17). The third kappa shape index (κ3) is 4.27. The van der Waals surface area contributed by atoms with E-state index in [1.165, 1.54) is 44.9 Å². The van der Waals surface area contributed by atoms with Gasteiger partial charge in [-0.15, -0.1) is 0 Å². The summed E-state index contributed by atoms with van der Waals surface area (Å²) in [6.45, 7) is 0.905. The molecule has 0 spiro atoms. The molecule has 2 nitrogen and oxygen atoms in total. The lowest BCUT2D eigenvalue weighted by Crippen LogP contribution is -2.30. The molecule has 0 aliphatic heterocycles. The van der Waals surface area contributed by atoms with Crippen molar-refractivity contribution in [1.29, 1.82) is 0 Å². The Morgan fingerprint density at radius 3 is 2.59 bits per heavy atom. The number of carbonyl (C=O) groups excluding carboxylic acids is 1. The average Bonchev–Trinajstić information content (AvgIpc) is 2.90. The van der Waals surface area contributed by atoms with Gasteiger partial charge in [-0.2, -0.15) is 0 Å². The lowest BCUT2D eigenvalue weighted by Gasteiger charge is -2.15. The van der Waals surface area contributed by atoms with Crippen LogP contribution in [-0.4, -0.2) is 17.8 Å². The van der Waals surface area contributed by atoms with Gasteiger partial charge in [-0.3, -0.25) is 4.79 Å². The second kappa shape index (κ2) is 6.21. The first-order chi connectivity index (χ1) is 8.24. The molecule has 0 saturated heterocycles. The summed E-state index contributed by atoms with van der Waals surface area (Å²) in [6.07, 6.45) is 11.1. The summed E-state index contributed by atoms with van der Waals surface area (Å²) < 4.78 is 0. The SMILES string of the molecule is O=C(CCC1CCCC1)NCC1(CCBr)CC1. The highest BCUT2D eigenvalue weighted by atomic mass is 79.9. The number of hydrogen-bond acceptors (Lipinski definition) is 1. The summed E-state index contributed by atoms with van der Waals surface area (Å²) in [5.74, 6) is 1.11. The first-order valence-electron chi connectivity index (χ1n) is 7.07. The molecule has 0 aromatic heterocycles. The van der Waals surface area contributed by atoms with Crippen LogP contribution in [0.2, 0.25) is 0 Å². The van der Waals surface area contributed by atoms with Gasteiger partial charge in [0.2, 0.25) is 5.91 Å². The highest BCUT2D eigenvalue weighted by Gasteiger charge is 2.41. The van der Waals surface area contributed by atoms with Crippen molar-refractivity contribution in [2.75, 3.05) is 11.9 Å². The topological polar surface area (TPSA) is 29.1 Å². The maximum atomic E-state index is 11.8. The van der Waals surface area contributed by atoms with Crippen LogP contribution in [0.3, 0.4) is 0 Å². The van der Waals surface area contributed by atoms with Crippen molar-refractivity contribution in [3.05, 3.63) is 0 Å². The Kier molecular flexibility index (Phi) is 4.89. The Morgan fingerprint density at radius 2 is 2.00 bits per heavy atom. The van der Waals surface area contributed by atoms with E-state index in [1.807, 2.05) is 0 Å². The van der Waals surface area contributed by atoms with Gasteiger partial charge in [0, 0.05) is 18.3 Å². The lowest BCUT2D eigenvalue weighted by atomic mass is 10.0. The van der Waals surface area contributed by atoms with Gasteiger partial charge >= 0.3 is 0 Å². The molecule has 1 amide bonds. The summed E-state index contributed by atoms with van der Waals surface area (Å²) in [4.78, 5) is 11.8. The monoisotopic (exact) mass is 301 g/mol. The first kappa shape index (κ1) is 13.4. The molecule has 98 valence electrons. The fraction of sp³-hybridized carbons (Fsp3) is 0.929. The van der Waals surface area contributed by atoms with Crippen molar-refractivity contribution in [1.82, 2.24) is 5.32 Å². The van der Waals surface area contributed by atoms with Crippen molar-refractivity contribution < 1.29 is 4.79 Å². The van der Waals surface area contributed by atoms with Crippen LogP contribution >= 0.6 is 15.9 Å². The second-order valence-corrected chi connectivity index (χ2v) is 6.70. The molecule has 0 bridgehead atoms. The van der Waals surface area contributed by atoms with Crippen LogP contribution in [0.25, 0.3) is 0 Å². The molecule has 0 unspecified atom stereocenters. The molecule has 2 rings (SSSR count). The van der Waals surface area contributed by atoms with Gasteiger partial charge in [0.25, 0.3) is 0 Å². The summed E-state index contributed by atoms with van der Waals surface area (Å²) in [5.41, 5.74) is 0.451. The Balaban J connectivity index is 1.57. The van der Waals surface area contributed by atoms with Crippen LogP contribution in [0.5, 0.6) is 0 Å². The number of rotatable bonds is 7. The molecule has 3 heteroatoms. The molecule has 1 N–H and O–H groups in total. The van der Waals surface area contributed by atoms with Crippen LogP contribution in [0.4, 0.5) is 0 Å². The molecule has 0 aromatic carbocycles. The highest BCUT2D eigenvalue weighted by Crippen LogP contribution is 2.48. The molecule has 0 radical (unpaired) electrons. The number of amides is 1. The Labute approximate surface area is 113 Å². The summed E-state index contributed by atoms with van der Waals surface area (Å²) in [6, 6.07) is 0. The van der Waals surface area contributed by atoms with Gasteiger partial charge in [-0.05, 0) is 37.0 Å². The molecule has 0 atom stereocenters. The molecule has 0 heterocycles. The van der Waals surface area contributed by atoms with E-state index in [1.54, 1.807) is 0 Å². The smallest absolute Gasteiger partial charge is 0.220 e. The van der Waals surface area contributed by atoms with Crippen molar-refractivity contribution in [2.24, 2.45) is 11.3 Å². The fourth-order valence-corrected chi connectivity index (χ4v) is 3.74. The Morgan fingerprint density at radius 1 is 1.29 bits per heavy atom. The second-order valence-electron chi connectivity index (χ2n) is 5.90. The molecule has 2 aliphatic carbocycles. The zero-order valence-corrected chi connectivity index (χ0v) is 12.2. The van der Waals surface area contributed by atoms with Crippen molar-refractivity contribution in [3.8, 4) is 0 Å². The van der Waals surface area contributed by atoms with Gasteiger partial charge in [0.15, 0.2) is 0 Å². The van der Waals surface area contributed by atoms with Gasteiger partial charge in [-0.1, -0.05) is 41.6 Å². The zero-order valence-electron chi connectivity index (χ0n) is 10.6.